The maximum atomic E-state index is 11.3. The van der Waals surface area contributed by atoms with E-state index >= 15 is 0 Å². The summed E-state index contributed by atoms with van der Waals surface area (Å²) in [6, 6.07) is 3.91. The highest BCUT2D eigenvalue weighted by molar-refractivity contribution is 5.91. The maximum Gasteiger partial charge on any atom is 0.409 e. The molecule has 1 rings (SSSR count). The molecule has 7 nitrogen and oxygen atoms in total. The molecule has 0 saturated carbocycles. The van der Waals surface area contributed by atoms with Gasteiger partial charge < -0.3 is 14.9 Å². The third-order valence-corrected chi connectivity index (χ3v) is 2.02. The van der Waals surface area contributed by atoms with E-state index in [0.717, 1.165) is 6.08 Å². The molecule has 0 radical (unpaired) electrons. The average Bonchev–Trinajstić information content (AvgIpc) is 2.30. The Morgan fingerprint density at radius 1 is 1.50 bits per heavy atom. The van der Waals surface area contributed by atoms with Crippen LogP contribution in [0, 0.1) is 10.1 Å². The number of esters is 1. The topological polar surface area (TPSA) is 110 Å². The fourth-order valence-corrected chi connectivity index (χ4v) is 1.20. The molecule has 0 aliphatic heterocycles. The van der Waals surface area contributed by atoms with E-state index in [9.17, 15) is 25.1 Å². The Morgan fingerprint density at radius 3 is 2.72 bits per heavy atom. The van der Waals surface area contributed by atoms with Crippen molar-refractivity contribution in [1.29, 1.82) is 0 Å². The van der Waals surface area contributed by atoms with Crippen molar-refractivity contribution in [1.82, 2.24) is 0 Å². The number of benzene rings is 1. The predicted octanol–water partition coefficient (Wildman–Crippen LogP) is 1.28. The second-order valence-corrected chi connectivity index (χ2v) is 3.22. The van der Waals surface area contributed by atoms with Gasteiger partial charge in [-0.15, -0.1) is 0 Å². The molecule has 7 heteroatoms. The van der Waals surface area contributed by atoms with Crippen LogP contribution in [0.15, 0.2) is 23.9 Å². The molecule has 0 aliphatic carbocycles. The first-order chi connectivity index (χ1) is 8.47. The molecule has 0 saturated heterocycles. The first kappa shape index (κ1) is 13.5. The maximum absolute atomic E-state index is 11.3. The van der Waals surface area contributed by atoms with E-state index < -0.39 is 28.1 Å². The molecule has 0 bridgehead atoms. The molecule has 18 heavy (non-hydrogen) atoms. The molecule has 0 aromatic heterocycles. The van der Waals surface area contributed by atoms with Gasteiger partial charge in [0.25, 0.3) is 0 Å². The Balaban J connectivity index is 3.21. The second-order valence-electron chi connectivity index (χ2n) is 3.22. The van der Waals surface area contributed by atoms with Gasteiger partial charge in [-0.05, 0) is 13.0 Å². The Kier molecular flexibility index (Phi) is 4.25. The summed E-state index contributed by atoms with van der Waals surface area (Å²) in [7, 11) is 0. The number of carbonyl (C=O) groups is 1. The molecule has 96 valence electrons. The van der Waals surface area contributed by atoms with E-state index in [1.807, 2.05) is 0 Å². The summed E-state index contributed by atoms with van der Waals surface area (Å²) in [5.74, 6) is -2.08. The fourth-order valence-electron chi connectivity index (χ4n) is 1.20. The third kappa shape index (κ3) is 2.97. The van der Waals surface area contributed by atoms with E-state index in [1.54, 1.807) is 0 Å². The lowest BCUT2D eigenvalue weighted by molar-refractivity contribution is -0.419. The minimum atomic E-state index is -1.11. The number of hydrogen-bond donors (Lipinski definition) is 2. The number of nitrogens with zero attached hydrogens (tertiary/aromatic N) is 1. The fraction of sp³-hybridized carbons (Fsp3) is 0.182. The predicted molar refractivity (Wildman–Crippen MR) is 61.4 cm³/mol. The van der Waals surface area contributed by atoms with Crippen LogP contribution in [0.3, 0.4) is 0 Å². The van der Waals surface area contributed by atoms with Gasteiger partial charge in [0.1, 0.15) is 0 Å². The SMILES string of the molecule is CCOC(=O)/C(=C\c1cccc(O)c1O)[N+](=O)[O-]. The van der Waals surface area contributed by atoms with E-state index in [0.29, 0.717) is 0 Å². The summed E-state index contributed by atoms with van der Waals surface area (Å²) in [5, 5.41) is 29.4. The van der Waals surface area contributed by atoms with Crippen molar-refractivity contribution in [2.45, 2.75) is 6.92 Å². The van der Waals surface area contributed by atoms with Crippen LogP contribution in [0.5, 0.6) is 11.5 Å². The Labute approximate surface area is 102 Å². The van der Waals surface area contributed by atoms with Gasteiger partial charge in [0.15, 0.2) is 11.5 Å². The van der Waals surface area contributed by atoms with Crippen molar-refractivity contribution >= 4 is 12.0 Å². The number of para-hydroxylation sites is 1. The zero-order valence-electron chi connectivity index (χ0n) is 9.49. The minimum Gasteiger partial charge on any atom is -0.504 e. The van der Waals surface area contributed by atoms with Crippen LogP contribution in [0.2, 0.25) is 0 Å². The van der Waals surface area contributed by atoms with Gasteiger partial charge >= 0.3 is 11.7 Å². The standard InChI is InChI=1S/C11H11NO6/c1-2-18-11(15)8(12(16)17)6-7-4-3-5-9(13)10(7)14/h3-6,13-14H,2H2,1H3/b8-6+. The minimum absolute atomic E-state index is 0.00393. The highest BCUT2D eigenvalue weighted by atomic mass is 16.6. The van der Waals surface area contributed by atoms with Gasteiger partial charge in [0.2, 0.25) is 0 Å². The van der Waals surface area contributed by atoms with Crippen molar-refractivity contribution in [3.8, 4) is 11.5 Å². The smallest absolute Gasteiger partial charge is 0.409 e. The van der Waals surface area contributed by atoms with Crippen LogP contribution in [0.4, 0.5) is 0 Å². The number of phenolic OH excluding ortho intramolecular Hbond substituents is 2. The van der Waals surface area contributed by atoms with Crippen molar-refractivity contribution in [2.24, 2.45) is 0 Å². The number of ether oxygens (including phenoxy) is 1. The number of hydrogen-bond acceptors (Lipinski definition) is 6. The van der Waals surface area contributed by atoms with Gasteiger partial charge in [0.05, 0.1) is 11.5 Å². The highest BCUT2D eigenvalue weighted by Crippen LogP contribution is 2.29. The molecule has 0 spiro atoms. The second kappa shape index (κ2) is 5.67. The van der Waals surface area contributed by atoms with Gasteiger partial charge in [-0.2, -0.15) is 0 Å². The van der Waals surface area contributed by atoms with Crippen molar-refractivity contribution in [3.05, 3.63) is 39.6 Å². The summed E-state index contributed by atoms with van der Waals surface area (Å²) >= 11 is 0. The number of rotatable bonds is 4. The van der Waals surface area contributed by atoms with Crippen LogP contribution < -0.4 is 0 Å². The van der Waals surface area contributed by atoms with Crippen LogP contribution in [-0.2, 0) is 9.53 Å². The molecule has 2 N–H and O–H groups in total. The zero-order valence-corrected chi connectivity index (χ0v) is 9.49. The van der Waals surface area contributed by atoms with Crippen LogP contribution >= 0.6 is 0 Å². The van der Waals surface area contributed by atoms with Crippen molar-refractivity contribution in [3.63, 3.8) is 0 Å². The van der Waals surface area contributed by atoms with Gasteiger partial charge in [0, 0.05) is 11.6 Å². The summed E-state index contributed by atoms with van der Waals surface area (Å²) in [6.07, 6.45) is 0.840. The quantitative estimate of drug-likeness (QED) is 0.275. The molecule has 0 amide bonds. The molecular formula is C11H11NO6. The average molecular weight is 253 g/mol. The Morgan fingerprint density at radius 2 is 2.17 bits per heavy atom. The van der Waals surface area contributed by atoms with Crippen LogP contribution in [0.1, 0.15) is 12.5 Å². The molecule has 0 unspecified atom stereocenters. The van der Waals surface area contributed by atoms with Gasteiger partial charge in [-0.25, -0.2) is 4.79 Å². The van der Waals surface area contributed by atoms with Crippen molar-refractivity contribution < 1.29 is 24.7 Å². The summed E-state index contributed by atoms with van der Waals surface area (Å²) in [5.41, 5.74) is -0.868. The van der Waals surface area contributed by atoms with Crippen LogP contribution in [0.25, 0.3) is 6.08 Å². The third-order valence-electron chi connectivity index (χ3n) is 2.02. The molecule has 0 atom stereocenters. The monoisotopic (exact) mass is 253 g/mol. The number of carbonyl (C=O) groups excluding carboxylic acids is 1. The molecule has 1 aromatic rings. The van der Waals surface area contributed by atoms with E-state index in [-0.39, 0.29) is 12.2 Å². The number of aromatic hydroxyl groups is 2. The lowest BCUT2D eigenvalue weighted by atomic mass is 10.1. The normalized spacial score (nSPS) is 11.1. The highest BCUT2D eigenvalue weighted by Gasteiger charge is 2.24. The molecule has 0 fully saturated rings. The zero-order chi connectivity index (χ0) is 13.7. The number of nitro groups is 1. The summed E-state index contributed by atoms with van der Waals surface area (Å²) in [4.78, 5) is 21.1. The first-order valence-electron chi connectivity index (χ1n) is 5.01. The largest absolute Gasteiger partial charge is 0.504 e. The van der Waals surface area contributed by atoms with Gasteiger partial charge in [-0.3, -0.25) is 10.1 Å². The molecule has 1 aromatic carbocycles. The summed E-state index contributed by atoms with van der Waals surface area (Å²) in [6.45, 7) is 1.51. The van der Waals surface area contributed by atoms with Gasteiger partial charge in [-0.1, -0.05) is 12.1 Å². The molecule has 0 aliphatic rings. The van der Waals surface area contributed by atoms with E-state index in [2.05, 4.69) is 4.74 Å². The van der Waals surface area contributed by atoms with Crippen LogP contribution in [-0.4, -0.2) is 27.7 Å². The Bertz CT molecular complexity index is 508. The molecular weight excluding hydrogens is 242 g/mol. The Hall–Kier alpha value is -2.57. The lowest BCUT2D eigenvalue weighted by Crippen LogP contribution is -2.14. The van der Waals surface area contributed by atoms with Crippen molar-refractivity contribution in [2.75, 3.05) is 6.61 Å². The first-order valence-corrected chi connectivity index (χ1v) is 5.01. The van der Waals surface area contributed by atoms with E-state index in [1.165, 1.54) is 25.1 Å². The lowest BCUT2D eigenvalue weighted by Gasteiger charge is -2.02. The van der Waals surface area contributed by atoms with E-state index in [4.69, 9.17) is 0 Å². The molecule has 0 heterocycles. The number of phenols is 2. The summed E-state index contributed by atoms with van der Waals surface area (Å²) < 4.78 is 4.51.